The van der Waals surface area contributed by atoms with Crippen molar-refractivity contribution in [2.75, 3.05) is 5.32 Å². The fourth-order valence-electron chi connectivity index (χ4n) is 1.68. The third kappa shape index (κ3) is 3.56. The number of pyridine rings is 1. The first-order valence-electron chi connectivity index (χ1n) is 5.91. The minimum Gasteiger partial charge on any atom is -0.326 e. The maximum atomic E-state index is 12.0. The van der Waals surface area contributed by atoms with Gasteiger partial charge in [0.2, 0.25) is 10.0 Å². The van der Waals surface area contributed by atoms with E-state index in [1.165, 1.54) is 30.3 Å². The molecule has 0 unspecified atom stereocenters. The van der Waals surface area contributed by atoms with Crippen LogP contribution >= 0.6 is 0 Å². The van der Waals surface area contributed by atoms with E-state index in [1.54, 1.807) is 13.0 Å². The smallest absolute Gasteiger partial charge is 0.261 e. The van der Waals surface area contributed by atoms with Crippen molar-refractivity contribution in [2.24, 2.45) is 5.14 Å². The van der Waals surface area contributed by atoms with Crippen LogP contribution in [0.4, 0.5) is 5.69 Å². The van der Waals surface area contributed by atoms with Crippen LogP contribution in [0, 0.1) is 6.92 Å². The van der Waals surface area contributed by atoms with Crippen molar-refractivity contribution in [3.05, 3.63) is 58.0 Å². The minimum absolute atomic E-state index is 0.0314. The molecule has 0 fully saturated rings. The van der Waals surface area contributed by atoms with Gasteiger partial charge < -0.3 is 10.3 Å². The quantitative estimate of drug-likeness (QED) is 0.767. The fourth-order valence-corrected chi connectivity index (χ4v) is 2.19. The molecular formula is C13H13N3O4S. The van der Waals surface area contributed by atoms with Gasteiger partial charge >= 0.3 is 0 Å². The molecule has 2 aromatic rings. The predicted molar refractivity (Wildman–Crippen MR) is 77.6 cm³/mol. The van der Waals surface area contributed by atoms with E-state index < -0.39 is 21.5 Å². The summed E-state index contributed by atoms with van der Waals surface area (Å²) in [6.07, 6.45) is 0. The van der Waals surface area contributed by atoms with Crippen molar-refractivity contribution in [3.63, 3.8) is 0 Å². The number of nitrogens with two attached hydrogens (primary N) is 1. The highest BCUT2D eigenvalue weighted by molar-refractivity contribution is 7.89. The Hall–Kier alpha value is -2.45. The third-order valence-corrected chi connectivity index (χ3v) is 3.67. The number of aromatic amines is 1. The van der Waals surface area contributed by atoms with Crippen LogP contribution in [0.3, 0.4) is 0 Å². The van der Waals surface area contributed by atoms with Crippen molar-refractivity contribution in [1.29, 1.82) is 0 Å². The highest BCUT2D eigenvalue weighted by Crippen LogP contribution is 2.13. The molecule has 0 radical (unpaired) electrons. The molecule has 0 aliphatic heterocycles. The first kappa shape index (κ1) is 14.9. The Bertz CT molecular complexity index is 838. The second-order valence-corrected chi connectivity index (χ2v) is 5.97. The molecule has 8 heteroatoms. The Morgan fingerprint density at radius 3 is 2.29 bits per heavy atom. The fraction of sp³-hybridized carbons (Fsp3) is 0.0769. The number of anilines is 1. The van der Waals surface area contributed by atoms with Crippen LogP contribution in [-0.4, -0.2) is 19.3 Å². The number of carbonyl (C=O) groups is 1. The van der Waals surface area contributed by atoms with E-state index in [0.29, 0.717) is 11.4 Å². The Morgan fingerprint density at radius 2 is 1.76 bits per heavy atom. The average Bonchev–Trinajstić information content (AvgIpc) is 2.38. The van der Waals surface area contributed by atoms with E-state index in [0.717, 1.165) is 0 Å². The van der Waals surface area contributed by atoms with E-state index >= 15 is 0 Å². The van der Waals surface area contributed by atoms with Gasteiger partial charge in [-0.3, -0.25) is 9.59 Å². The number of aromatic nitrogens is 1. The summed E-state index contributed by atoms with van der Waals surface area (Å²) in [6, 6.07) is 8.34. The van der Waals surface area contributed by atoms with Gasteiger partial charge in [0.25, 0.3) is 11.5 Å². The zero-order chi connectivity index (χ0) is 15.6. The molecule has 7 nitrogen and oxygen atoms in total. The summed E-state index contributed by atoms with van der Waals surface area (Å²) in [7, 11) is -3.78. The number of aryl methyl sites for hydroxylation is 1. The molecule has 21 heavy (non-hydrogen) atoms. The van der Waals surface area contributed by atoms with Crippen molar-refractivity contribution in [3.8, 4) is 0 Å². The van der Waals surface area contributed by atoms with E-state index in [9.17, 15) is 18.0 Å². The van der Waals surface area contributed by atoms with Gasteiger partial charge in [0, 0.05) is 11.4 Å². The second kappa shape index (κ2) is 5.51. The lowest BCUT2D eigenvalue weighted by Crippen LogP contribution is -2.23. The van der Waals surface area contributed by atoms with Crippen LogP contribution in [0.25, 0.3) is 0 Å². The van der Waals surface area contributed by atoms with Gasteiger partial charge in [-0.25, -0.2) is 13.6 Å². The molecule has 0 atom stereocenters. The van der Waals surface area contributed by atoms with Gasteiger partial charge in [-0.05, 0) is 43.3 Å². The molecule has 2 rings (SSSR count). The highest BCUT2D eigenvalue weighted by atomic mass is 32.2. The average molecular weight is 307 g/mol. The Morgan fingerprint density at radius 1 is 1.14 bits per heavy atom. The molecule has 0 saturated carbocycles. The van der Waals surface area contributed by atoms with Crippen LogP contribution < -0.4 is 16.0 Å². The van der Waals surface area contributed by atoms with Crippen LogP contribution in [0.15, 0.2) is 46.1 Å². The number of nitrogens with one attached hydrogen (secondary N) is 2. The molecule has 110 valence electrons. The normalized spacial score (nSPS) is 11.1. The SMILES string of the molecule is Cc1ccc(C(=O)Nc2ccc(S(N)(=O)=O)cc2)c(=O)[nH]1. The number of sulfonamides is 1. The van der Waals surface area contributed by atoms with Crippen molar-refractivity contribution in [1.82, 2.24) is 4.98 Å². The molecule has 1 amide bonds. The zero-order valence-corrected chi connectivity index (χ0v) is 11.9. The van der Waals surface area contributed by atoms with Gasteiger partial charge in [0.05, 0.1) is 4.90 Å². The standard InChI is InChI=1S/C13H13N3O4S/c1-8-2-7-11(12(17)15-8)13(18)16-9-3-5-10(6-4-9)21(14,19)20/h2-7H,1H3,(H,15,17)(H,16,18)(H2,14,19,20). The Labute approximate surface area is 120 Å². The second-order valence-electron chi connectivity index (χ2n) is 4.41. The molecular weight excluding hydrogens is 294 g/mol. The van der Waals surface area contributed by atoms with Gasteiger partial charge in [0.15, 0.2) is 0 Å². The molecule has 0 saturated heterocycles. The molecule has 1 heterocycles. The summed E-state index contributed by atoms with van der Waals surface area (Å²) in [5.74, 6) is -0.584. The van der Waals surface area contributed by atoms with Crippen molar-refractivity contribution < 1.29 is 13.2 Å². The molecule has 0 spiro atoms. The highest BCUT2D eigenvalue weighted by Gasteiger charge is 2.12. The number of hydrogen-bond acceptors (Lipinski definition) is 4. The van der Waals surface area contributed by atoms with Gasteiger partial charge in [-0.15, -0.1) is 0 Å². The number of hydrogen-bond donors (Lipinski definition) is 3. The molecule has 0 bridgehead atoms. The molecule has 1 aromatic heterocycles. The summed E-state index contributed by atoms with van der Waals surface area (Å²) < 4.78 is 22.2. The molecule has 0 aliphatic rings. The molecule has 1 aromatic carbocycles. The first-order valence-corrected chi connectivity index (χ1v) is 7.46. The maximum Gasteiger partial charge on any atom is 0.261 e. The monoisotopic (exact) mass is 307 g/mol. The predicted octanol–water partition coefficient (Wildman–Crippen LogP) is 0.583. The lowest BCUT2D eigenvalue weighted by molar-refractivity contribution is 0.102. The van der Waals surface area contributed by atoms with Crippen molar-refractivity contribution >= 4 is 21.6 Å². The Balaban J connectivity index is 2.22. The molecule has 0 aliphatic carbocycles. The van der Waals surface area contributed by atoms with Gasteiger partial charge in [-0.2, -0.15) is 0 Å². The van der Waals surface area contributed by atoms with Crippen LogP contribution in [-0.2, 0) is 10.0 Å². The van der Waals surface area contributed by atoms with Crippen LogP contribution in [0.5, 0.6) is 0 Å². The van der Waals surface area contributed by atoms with E-state index in [4.69, 9.17) is 5.14 Å². The lowest BCUT2D eigenvalue weighted by Gasteiger charge is -2.06. The largest absolute Gasteiger partial charge is 0.326 e. The van der Waals surface area contributed by atoms with E-state index in [-0.39, 0.29) is 10.5 Å². The number of primary sulfonamides is 1. The lowest BCUT2D eigenvalue weighted by atomic mass is 10.2. The van der Waals surface area contributed by atoms with Crippen LogP contribution in [0.1, 0.15) is 16.1 Å². The zero-order valence-electron chi connectivity index (χ0n) is 11.1. The van der Waals surface area contributed by atoms with Crippen molar-refractivity contribution in [2.45, 2.75) is 11.8 Å². The number of benzene rings is 1. The number of amides is 1. The minimum atomic E-state index is -3.78. The number of rotatable bonds is 3. The van der Waals surface area contributed by atoms with Gasteiger partial charge in [-0.1, -0.05) is 0 Å². The summed E-state index contributed by atoms with van der Waals surface area (Å²) in [5.41, 5.74) is 0.478. The summed E-state index contributed by atoms with van der Waals surface area (Å²) in [6.45, 7) is 1.70. The summed E-state index contributed by atoms with van der Waals surface area (Å²) in [4.78, 5) is 26.1. The maximum absolute atomic E-state index is 12.0. The summed E-state index contributed by atoms with van der Waals surface area (Å²) >= 11 is 0. The third-order valence-electron chi connectivity index (χ3n) is 2.74. The van der Waals surface area contributed by atoms with E-state index in [2.05, 4.69) is 10.3 Å². The Kier molecular flexibility index (Phi) is 3.92. The van der Waals surface area contributed by atoms with Gasteiger partial charge in [0.1, 0.15) is 5.56 Å². The number of H-pyrrole nitrogens is 1. The topological polar surface area (TPSA) is 122 Å². The van der Waals surface area contributed by atoms with Crippen LogP contribution in [0.2, 0.25) is 0 Å². The first-order chi connectivity index (χ1) is 9.77. The number of carbonyl (C=O) groups excluding carboxylic acids is 1. The molecule has 4 N–H and O–H groups in total. The van der Waals surface area contributed by atoms with E-state index in [1.807, 2.05) is 0 Å². The summed E-state index contributed by atoms with van der Waals surface area (Å²) in [5, 5.41) is 7.48.